The molecule has 1 unspecified atom stereocenters. The van der Waals surface area contributed by atoms with Crippen molar-refractivity contribution in [2.75, 3.05) is 25.5 Å². The van der Waals surface area contributed by atoms with Crippen LogP contribution in [-0.4, -0.2) is 44.8 Å². The van der Waals surface area contributed by atoms with Crippen molar-refractivity contribution in [1.29, 1.82) is 0 Å². The number of rotatable bonds is 4. The first-order valence-corrected chi connectivity index (χ1v) is 9.11. The van der Waals surface area contributed by atoms with Gasteiger partial charge in [-0.15, -0.1) is 0 Å². The highest BCUT2D eigenvalue weighted by molar-refractivity contribution is 6.42. The predicted molar refractivity (Wildman–Crippen MR) is 103 cm³/mol. The minimum absolute atomic E-state index is 0.196. The molecule has 4 rings (SSSR count). The summed E-state index contributed by atoms with van der Waals surface area (Å²) in [7, 11) is 2.07. The first-order chi connectivity index (χ1) is 12.5. The molecule has 0 amide bonds. The fraction of sp³-hybridized carbons (Fsp3) is 0.353. The van der Waals surface area contributed by atoms with Crippen LogP contribution in [0.4, 0.5) is 5.95 Å². The summed E-state index contributed by atoms with van der Waals surface area (Å²) >= 11 is 12.0. The summed E-state index contributed by atoms with van der Waals surface area (Å²) in [6.07, 6.45) is 2.62. The number of likely N-dealkylation sites (tertiary alicyclic amines) is 1. The summed E-state index contributed by atoms with van der Waals surface area (Å²) in [6.45, 7) is 2.35. The molecule has 2 N–H and O–H groups in total. The van der Waals surface area contributed by atoms with Crippen LogP contribution in [0, 0.1) is 0 Å². The molecular formula is C17H18Cl2N6O. The Kier molecular flexibility index (Phi) is 4.60. The van der Waals surface area contributed by atoms with Crippen molar-refractivity contribution in [2.45, 2.75) is 19.0 Å². The lowest BCUT2D eigenvalue weighted by atomic mass is 10.2. The molecule has 26 heavy (non-hydrogen) atoms. The van der Waals surface area contributed by atoms with Gasteiger partial charge in [0, 0.05) is 13.1 Å². The number of H-pyrrole nitrogens is 1. The van der Waals surface area contributed by atoms with Crippen LogP contribution < -0.4 is 10.9 Å². The van der Waals surface area contributed by atoms with Gasteiger partial charge in [0.1, 0.15) is 5.52 Å². The van der Waals surface area contributed by atoms with Gasteiger partial charge in [-0.05, 0) is 37.7 Å². The van der Waals surface area contributed by atoms with Crippen molar-refractivity contribution in [1.82, 2.24) is 24.6 Å². The van der Waals surface area contributed by atoms with Crippen molar-refractivity contribution in [3.63, 3.8) is 0 Å². The summed E-state index contributed by atoms with van der Waals surface area (Å²) in [6, 6.07) is 5.59. The highest BCUT2D eigenvalue weighted by atomic mass is 35.5. The molecule has 7 nitrogen and oxygen atoms in total. The van der Waals surface area contributed by atoms with Gasteiger partial charge in [-0.2, -0.15) is 5.10 Å². The Hall–Kier alpha value is -2.09. The smallest absolute Gasteiger partial charge is 0.278 e. The zero-order valence-corrected chi connectivity index (χ0v) is 15.7. The number of aromatic amines is 1. The SMILES string of the molecule is CN1CCC(n2ncc3nc(NCc4ccc(Cl)c(Cl)c4)[nH]c(=O)c32)C1. The molecule has 1 aliphatic rings. The number of halogens is 2. The normalized spacial score (nSPS) is 17.9. The second-order valence-electron chi connectivity index (χ2n) is 6.54. The number of benzene rings is 1. The fourth-order valence-electron chi connectivity index (χ4n) is 3.28. The Labute approximate surface area is 159 Å². The largest absolute Gasteiger partial charge is 0.352 e. The molecule has 1 saturated heterocycles. The molecule has 3 heterocycles. The summed E-state index contributed by atoms with van der Waals surface area (Å²) < 4.78 is 1.80. The third kappa shape index (κ3) is 3.30. The van der Waals surface area contributed by atoms with Crippen molar-refractivity contribution in [2.24, 2.45) is 0 Å². The highest BCUT2D eigenvalue weighted by Gasteiger charge is 2.24. The lowest BCUT2D eigenvalue weighted by Gasteiger charge is -2.12. The number of likely N-dealkylation sites (N-methyl/N-ethyl adjacent to an activating group) is 1. The number of aromatic nitrogens is 4. The molecule has 0 spiro atoms. The van der Waals surface area contributed by atoms with Crippen LogP contribution in [-0.2, 0) is 6.54 Å². The molecule has 0 radical (unpaired) electrons. The molecule has 9 heteroatoms. The molecule has 3 aromatic rings. The first-order valence-electron chi connectivity index (χ1n) is 8.35. The molecule has 1 atom stereocenters. The van der Waals surface area contributed by atoms with Crippen molar-refractivity contribution in [3.8, 4) is 0 Å². The van der Waals surface area contributed by atoms with Gasteiger partial charge in [-0.3, -0.25) is 14.5 Å². The Balaban J connectivity index is 1.57. The molecule has 136 valence electrons. The van der Waals surface area contributed by atoms with Crippen molar-refractivity contribution < 1.29 is 0 Å². The average Bonchev–Trinajstić information content (AvgIpc) is 3.22. The van der Waals surface area contributed by atoms with Crippen LogP contribution in [0.25, 0.3) is 11.0 Å². The number of nitrogens with zero attached hydrogens (tertiary/aromatic N) is 4. The molecule has 1 aromatic carbocycles. The zero-order valence-electron chi connectivity index (χ0n) is 14.2. The quantitative estimate of drug-likeness (QED) is 0.713. The third-order valence-corrected chi connectivity index (χ3v) is 5.35. The van der Waals surface area contributed by atoms with Gasteiger partial charge >= 0.3 is 0 Å². The van der Waals surface area contributed by atoms with E-state index >= 15 is 0 Å². The van der Waals surface area contributed by atoms with Crippen LogP contribution in [0.2, 0.25) is 10.0 Å². The average molecular weight is 393 g/mol. The van der Waals surface area contributed by atoms with Gasteiger partial charge in [0.15, 0.2) is 5.52 Å². The van der Waals surface area contributed by atoms with E-state index in [4.69, 9.17) is 23.2 Å². The summed E-state index contributed by atoms with van der Waals surface area (Å²) in [4.78, 5) is 22.1. The number of hydrogen-bond acceptors (Lipinski definition) is 5. The number of fused-ring (bicyclic) bond motifs is 1. The standard InChI is InChI=1S/C17H18Cl2N6O/c1-24-5-4-11(9-24)25-15-14(8-21-25)22-17(23-16(15)26)20-7-10-2-3-12(18)13(19)6-10/h2-3,6,8,11H,4-5,7,9H2,1H3,(H2,20,22,23,26). The number of nitrogens with one attached hydrogen (secondary N) is 2. The highest BCUT2D eigenvalue weighted by Crippen LogP contribution is 2.24. The molecule has 0 aliphatic carbocycles. The Morgan fingerprint density at radius 2 is 2.19 bits per heavy atom. The predicted octanol–water partition coefficient (Wildman–Crippen LogP) is 2.92. The van der Waals surface area contributed by atoms with Crippen molar-refractivity contribution >= 4 is 40.2 Å². The molecule has 1 aliphatic heterocycles. The van der Waals surface area contributed by atoms with Gasteiger partial charge < -0.3 is 10.2 Å². The van der Waals surface area contributed by atoms with Crippen LogP contribution in [0.1, 0.15) is 18.0 Å². The van der Waals surface area contributed by atoms with E-state index in [2.05, 4.69) is 32.3 Å². The summed E-state index contributed by atoms with van der Waals surface area (Å²) in [5, 5.41) is 8.51. The van der Waals surface area contributed by atoms with E-state index in [-0.39, 0.29) is 11.6 Å². The maximum absolute atomic E-state index is 12.6. The van der Waals surface area contributed by atoms with Gasteiger partial charge in [0.2, 0.25) is 5.95 Å². The van der Waals surface area contributed by atoms with Crippen LogP contribution >= 0.6 is 23.2 Å². The second kappa shape index (κ2) is 6.90. The maximum atomic E-state index is 12.6. The van der Waals surface area contributed by atoms with Gasteiger partial charge in [-0.25, -0.2) is 4.98 Å². The van der Waals surface area contributed by atoms with E-state index in [9.17, 15) is 4.79 Å². The molecule has 0 saturated carbocycles. The Morgan fingerprint density at radius 1 is 1.35 bits per heavy atom. The number of hydrogen-bond donors (Lipinski definition) is 2. The summed E-state index contributed by atoms with van der Waals surface area (Å²) in [5.74, 6) is 0.400. The minimum Gasteiger partial charge on any atom is -0.352 e. The first kappa shape index (κ1) is 17.3. The Morgan fingerprint density at radius 3 is 2.92 bits per heavy atom. The molecular weight excluding hydrogens is 375 g/mol. The van der Waals surface area contributed by atoms with Crippen molar-refractivity contribution in [3.05, 3.63) is 50.4 Å². The van der Waals surface area contributed by atoms with Gasteiger partial charge in [0.05, 0.1) is 22.3 Å². The van der Waals surface area contributed by atoms with Crippen LogP contribution in [0.5, 0.6) is 0 Å². The number of anilines is 1. The zero-order chi connectivity index (χ0) is 18.3. The van der Waals surface area contributed by atoms with Gasteiger partial charge in [-0.1, -0.05) is 29.3 Å². The lowest BCUT2D eigenvalue weighted by molar-refractivity contribution is 0.385. The van der Waals surface area contributed by atoms with E-state index in [1.165, 1.54) is 0 Å². The fourth-order valence-corrected chi connectivity index (χ4v) is 3.60. The van der Waals surface area contributed by atoms with E-state index in [0.29, 0.717) is 33.6 Å². The monoisotopic (exact) mass is 392 g/mol. The minimum atomic E-state index is -0.196. The Bertz CT molecular complexity index is 1010. The third-order valence-electron chi connectivity index (χ3n) is 4.61. The lowest BCUT2D eigenvalue weighted by Crippen LogP contribution is -2.21. The van der Waals surface area contributed by atoms with E-state index in [1.54, 1.807) is 23.0 Å². The van der Waals surface area contributed by atoms with Crippen LogP contribution in [0.3, 0.4) is 0 Å². The topological polar surface area (TPSA) is 78.8 Å². The van der Waals surface area contributed by atoms with Gasteiger partial charge in [0.25, 0.3) is 5.56 Å². The second-order valence-corrected chi connectivity index (χ2v) is 7.36. The van der Waals surface area contributed by atoms with E-state index < -0.39 is 0 Å². The molecule has 0 bridgehead atoms. The molecule has 2 aromatic heterocycles. The van der Waals surface area contributed by atoms with E-state index in [0.717, 1.165) is 25.1 Å². The van der Waals surface area contributed by atoms with Crippen LogP contribution in [0.15, 0.2) is 29.2 Å². The van der Waals surface area contributed by atoms with E-state index in [1.807, 2.05) is 6.07 Å². The summed E-state index contributed by atoms with van der Waals surface area (Å²) in [5.41, 5.74) is 1.84. The maximum Gasteiger partial charge on any atom is 0.278 e. The molecule has 1 fully saturated rings.